The molecule has 1 aliphatic rings. The van der Waals surface area contributed by atoms with Crippen LogP contribution in [0.2, 0.25) is 5.02 Å². The molecule has 0 saturated heterocycles. The van der Waals surface area contributed by atoms with Crippen LogP contribution in [0, 0.1) is 6.92 Å². The number of nitrogens with one attached hydrogen (secondary N) is 1. The molecule has 3 aromatic rings. The van der Waals surface area contributed by atoms with Gasteiger partial charge in [0.15, 0.2) is 0 Å². The lowest BCUT2D eigenvalue weighted by atomic mass is 10.0. The van der Waals surface area contributed by atoms with Crippen molar-refractivity contribution >= 4 is 35.1 Å². The van der Waals surface area contributed by atoms with Crippen molar-refractivity contribution in [2.24, 2.45) is 0 Å². The summed E-state index contributed by atoms with van der Waals surface area (Å²) >= 11 is 7.96. The van der Waals surface area contributed by atoms with Crippen LogP contribution in [0.5, 0.6) is 5.75 Å². The van der Waals surface area contributed by atoms with E-state index in [4.69, 9.17) is 21.4 Å². The number of methoxy groups -OCH3 is 1. The minimum absolute atomic E-state index is 0.0631. The standard InChI is InChI=1S/C20H18ClN3O2S/c1-12-18-19(13-7-3-6-10-16(13)26-2)27-11-17(25)22-20(18)24(23-12)15-9-5-4-8-14(15)21/h3-10,19H,11H2,1-2H3,(H,22,25)/t19-/m0/s1. The Morgan fingerprint density at radius 2 is 1.96 bits per heavy atom. The third-order valence-electron chi connectivity index (χ3n) is 4.51. The van der Waals surface area contributed by atoms with E-state index in [-0.39, 0.29) is 11.2 Å². The number of aryl methyl sites for hydroxylation is 1. The van der Waals surface area contributed by atoms with Gasteiger partial charge in [-0.25, -0.2) is 4.68 Å². The van der Waals surface area contributed by atoms with Crippen molar-refractivity contribution in [2.45, 2.75) is 12.2 Å². The molecule has 2 aromatic carbocycles. The fourth-order valence-corrected chi connectivity index (χ4v) is 4.74. The smallest absolute Gasteiger partial charge is 0.235 e. The van der Waals surface area contributed by atoms with Gasteiger partial charge in [0.05, 0.1) is 34.5 Å². The Balaban J connectivity index is 1.94. The van der Waals surface area contributed by atoms with Crippen LogP contribution in [0.15, 0.2) is 48.5 Å². The quantitative estimate of drug-likeness (QED) is 0.698. The van der Waals surface area contributed by atoms with Crippen molar-refractivity contribution in [2.75, 3.05) is 18.2 Å². The average molecular weight is 400 g/mol. The van der Waals surface area contributed by atoms with Gasteiger partial charge in [-0.2, -0.15) is 5.10 Å². The number of hydrogen-bond acceptors (Lipinski definition) is 4. The number of nitrogens with zero attached hydrogens (tertiary/aromatic N) is 2. The first-order chi connectivity index (χ1) is 13.1. The van der Waals surface area contributed by atoms with Gasteiger partial charge in [-0.3, -0.25) is 4.79 Å². The van der Waals surface area contributed by atoms with Crippen molar-refractivity contribution < 1.29 is 9.53 Å². The first-order valence-corrected chi connectivity index (χ1v) is 9.91. The van der Waals surface area contributed by atoms with E-state index in [0.29, 0.717) is 16.6 Å². The van der Waals surface area contributed by atoms with Gasteiger partial charge >= 0.3 is 0 Å². The molecule has 138 valence electrons. The molecule has 1 aromatic heterocycles. The number of rotatable bonds is 3. The van der Waals surface area contributed by atoms with Gasteiger partial charge in [-0.05, 0) is 25.1 Å². The van der Waals surface area contributed by atoms with E-state index in [1.165, 1.54) is 0 Å². The lowest BCUT2D eigenvalue weighted by molar-refractivity contribution is -0.113. The molecule has 1 amide bonds. The maximum absolute atomic E-state index is 12.4. The second-order valence-corrected chi connectivity index (χ2v) is 7.69. The Kier molecular flexibility index (Phi) is 4.85. The highest BCUT2D eigenvalue weighted by molar-refractivity contribution is 8.00. The van der Waals surface area contributed by atoms with E-state index in [0.717, 1.165) is 28.3 Å². The Hall–Kier alpha value is -2.44. The van der Waals surface area contributed by atoms with Gasteiger partial charge in [0.1, 0.15) is 11.6 Å². The van der Waals surface area contributed by atoms with Crippen molar-refractivity contribution in [3.8, 4) is 11.4 Å². The number of ether oxygens (including phenoxy) is 1. The van der Waals surface area contributed by atoms with E-state index < -0.39 is 0 Å². The van der Waals surface area contributed by atoms with Gasteiger partial charge in [0.2, 0.25) is 5.91 Å². The zero-order valence-corrected chi connectivity index (χ0v) is 16.5. The number of carbonyl (C=O) groups is 1. The second-order valence-electron chi connectivity index (χ2n) is 6.19. The summed E-state index contributed by atoms with van der Waals surface area (Å²) in [5.74, 6) is 1.73. The molecule has 0 spiro atoms. The average Bonchev–Trinajstić information content (AvgIpc) is 2.88. The second kappa shape index (κ2) is 7.29. The molecule has 0 fully saturated rings. The fourth-order valence-electron chi connectivity index (χ4n) is 3.31. The van der Waals surface area contributed by atoms with Crippen LogP contribution >= 0.6 is 23.4 Å². The van der Waals surface area contributed by atoms with E-state index >= 15 is 0 Å². The van der Waals surface area contributed by atoms with Crippen LogP contribution in [-0.2, 0) is 4.79 Å². The zero-order chi connectivity index (χ0) is 19.0. The topological polar surface area (TPSA) is 56.1 Å². The molecule has 4 rings (SSSR count). The molecule has 7 heteroatoms. The Labute approximate surface area is 166 Å². The number of benzene rings is 2. The summed E-state index contributed by atoms with van der Waals surface area (Å²) < 4.78 is 7.29. The minimum Gasteiger partial charge on any atom is -0.496 e. The van der Waals surface area contributed by atoms with E-state index in [1.807, 2.05) is 55.5 Å². The van der Waals surface area contributed by atoms with Crippen LogP contribution in [0.1, 0.15) is 22.1 Å². The summed E-state index contributed by atoms with van der Waals surface area (Å²) in [6.45, 7) is 1.95. The number of anilines is 1. The van der Waals surface area contributed by atoms with Gasteiger partial charge < -0.3 is 10.1 Å². The van der Waals surface area contributed by atoms with E-state index in [1.54, 1.807) is 23.6 Å². The number of thioether (sulfide) groups is 1. The Morgan fingerprint density at radius 1 is 1.22 bits per heavy atom. The Bertz CT molecular complexity index is 1020. The van der Waals surface area contributed by atoms with Gasteiger partial charge in [-0.1, -0.05) is 41.9 Å². The molecule has 27 heavy (non-hydrogen) atoms. The predicted octanol–water partition coefficient (Wildman–Crippen LogP) is 4.62. The largest absolute Gasteiger partial charge is 0.496 e. The minimum atomic E-state index is -0.0775. The molecular weight excluding hydrogens is 382 g/mol. The fraction of sp³-hybridized carbons (Fsp3) is 0.200. The van der Waals surface area contributed by atoms with Gasteiger partial charge in [0, 0.05) is 11.1 Å². The Morgan fingerprint density at radius 3 is 2.74 bits per heavy atom. The van der Waals surface area contributed by atoms with Crippen LogP contribution in [-0.4, -0.2) is 28.6 Å². The first kappa shape index (κ1) is 17.9. The molecular formula is C20H18ClN3O2S. The van der Waals surface area contributed by atoms with Crippen molar-refractivity contribution in [3.05, 3.63) is 70.4 Å². The maximum Gasteiger partial charge on any atom is 0.235 e. The van der Waals surface area contributed by atoms with Crippen LogP contribution in [0.4, 0.5) is 5.82 Å². The van der Waals surface area contributed by atoms with Crippen molar-refractivity contribution in [1.29, 1.82) is 0 Å². The first-order valence-electron chi connectivity index (χ1n) is 8.49. The summed E-state index contributed by atoms with van der Waals surface area (Å²) in [5.41, 5.74) is 3.56. The molecule has 0 bridgehead atoms. The highest BCUT2D eigenvalue weighted by atomic mass is 35.5. The molecule has 1 aliphatic heterocycles. The molecule has 0 radical (unpaired) electrons. The summed E-state index contributed by atoms with van der Waals surface area (Å²) in [6, 6.07) is 15.3. The van der Waals surface area contributed by atoms with Crippen LogP contribution in [0.25, 0.3) is 5.69 Å². The molecule has 0 unspecified atom stereocenters. The molecule has 0 saturated carbocycles. The number of fused-ring (bicyclic) bond motifs is 1. The van der Waals surface area contributed by atoms with Crippen LogP contribution < -0.4 is 10.1 Å². The number of amides is 1. The third kappa shape index (κ3) is 3.19. The normalized spacial score (nSPS) is 16.4. The zero-order valence-electron chi connectivity index (χ0n) is 14.9. The molecule has 5 nitrogen and oxygen atoms in total. The van der Waals surface area contributed by atoms with Gasteiger partial charge in [-0.15, -0.1) is 11.8 Å². The number of para-hydroxylation sites is 2. The van der Waals surface area contributed by atoms with Gasteiger partial charge in [0.25, 0.3) is 0 Å². The number of halogens is 1. The molecule has 0 aliphatic carbocycles. The lowest BCUT2D eigenvalue weighted by Crippen LogP contribution is -2.16. The van der Waals surface area contributed by atoms with E-state index in [2.05, 4.69) is 5.32 Å². The highest BCUT2D eigenvalue weighted by Gasteiger charge is 2.32. The molecule has 1 atom stereocenters. The summed E-state index contributed by atoms with van der Waals surface area (Å²) in [5, 5.41) is 8.20. The number of hydrogen-bond donors (Lipinski definition) is 1. The summed E-state index contributed by atoms with van der Waals surface area (Å²) in [4.78, 5) is 12.4. The lowest BCUT2D eigenvalue weighted by Gasteiger charge is -2.18. The number of carbonyl (C=O) groups excluding carboxylic acids is 1. The maximum atomic E-state index is 12.4. The van der Waals surface area contributed by atoms with E-state index in [9.17, 15) is 4.79 Å². The SMILES string of the molecule is COc1ccccc1[C@@H]1SCC(=O)Nc2c1c(C)nn2-c1ccccc1Cl. The van der Waals surface area contributed by atoms with Crippen LogP contribution in [0.3, 0.4) is 0 Å². The monoisotopic (exact) mass is 399 g/mol. The third-order valence-corrected chi connectivity index (χ3v) is 6.08. The number of aromatic nitrogens is 2. The van der Waals surface area contributed by atoms with Crippen molar-refractivity contribution in [1.82, 2.24) is 9.78 Å². The summed E-state index contributed by atoms with van der Waals surface area (Å²) in [6.07, 6.45) is 0. The molecule has 1 N–H and O–H groups in total. The van der Waals surface area contributed by atoms with Crippen molar-refractivity contribution in [3.63, 3.8) is 0 Å². The molecule has 2 heterocycles. The highest BCUT2D eigenvalue weighted by Crippen LogP contribution is 2.46. The predicted molar refractivity (Wildman–Crippen MR) is 109 cm³/mol. The summed E-state index contributed by atoms with van der Waals surface area (Å²) in [7, 11) is 1.66.